The number of hydrogen-bond acceptors (Lipinski definition) is 10. The van der Waals surface area contributed by atoms with Gasteiger partial charge in [0.05, 0.1) is 13.1 Å². The molecule has 0 aromatic carbocycles. The highest BCUT2D eigenvalue weighted by atomic mass is 32.3. The highest BCUT2D eigenvalue weighted by Crippen LogP contribution is 2.35. The van der Waals surface area contributed by atoms with Crippen LogP contribution in [-0.4, -0.2) is 103 Å². The van der Waals surface area contributed by atoms with Gasteiger partial charge in [-0.05, 0) is 37.1 Å². The largest absolute Gasteiger partial charge is 0.442 e. The van der Waals surface area contributed by atoms with E-state index >= 15 is 0 Å². The van der Waals surface area contributed by atoms with Gasteiger partial charge in [0.1, 0.15) is 24.2 Å². The molecule has 4 rings (SSSR count). The van der Waals surface area contributed by atoms with Gasteiger partial charge in [-0.2, -0.15) is 18.5 Å². The molecular weight excluding hydrogens is 488 g/mol. The van der Waals surface area contributed by atoms with E-state index in [9.17, 15) is 27.6 Å². The van der Waals surface area contributed by atoms with Gasteiger partial charge in [-0.15, -0.1) is 8.57 Å². The van der Waals surface area contributed by atoms with Crippen LogP contribution in [0.1, 0.15) is 12.8 Å². The predicted molar refractivity (Wildman–Crippen MR) is 116 cm³/mol. The number of carbonyl (C=O) groups is 4. The number of carbonyl (C=O) groups excluding carboxylic acids is 4. The maximum absolute atomic E-state index is 12.8. The van der Waals surface area contributed by atoms with Crippen molar-refractivity contribution in [1.82, 2.24) is 19.9 Å². The molecule has 8 N–H and O–H groups in total. The van der Waals surface area contributed by atoms with Gasteiger partial charge >= 0.3 is 22.5 Å². The van der Waals surface area contributed by atoms with Crippen LogP contribution in [0.2, 0.25) is 0 Å². The lowest BCUT2D eigenvalue weighted by atomic mass is 9.97. The summed E-state index contributed by atoms with van der Waals surface area (Å²) in [5, 5.41) is 1.10. The minimum Gasteiger partial charge on any atom is -0.368 e. The van der Waals surface area contributed by atoms with Crippen LogP contribution in [0.3, 0.4) is 0 Å². The molecule has 17 heteroatoms. The molecule has 0 aromatic rings. The molecule has 0 spiro atoms. The third-order valence-electron chi connectivity index (χ3n) is 6.24. The van der Waals surface area contributed by atoms with Gasteiger partial charge < -0.3 is 32.7 Å². The van der Waals surface area contributed by atoms with Crippen molar-refractivity contribution >= 4 is 34.3 Å². The van der Waals surface area contributed by atoms with Crippen LogP contribution in [-0.2, 0) is 28.6 Å². The Labute approximate surface area is 200 Å². The lowest BCUT2D eigenvalue weighted by molar-refractivity contribution is -0.121. The first-order valence-corrected chi connectivity index (χ1v) is 12.1. The van der Waals surface area contributed by atoms with Crippen molar-refractivity contribution in [3.05, 3.63) is 23.3 Å². The first kappa shape index (κ1) is 24.9. The van der Waals surface area contributed by atoms with Crippen LogP contribution in [0.4, 0.5) is 9.59 Å². The van der Waals surface area contributed by atoms with Gasteiger partial charge in [0.25, 0.3) is 0 Å². The Kier molecular flexibility index (Phi) is 6.45. The smallest absolute Gasteiger partial charge is 0.368 e. The zero-order chi connectivity index (χ0) is 25.7. The molecule has 2 fully saturated rings. The fraction of sp³-hybridized carbons (Fsp3) is 0.556. The van der Waals surface area contributed by atoms with Crippen LogP contribution in [0.5, 0.6) is 0 Å². The molecule has 192 valence electrons. The van der Waals surface area contributed by atoms with Gasteiger partial charge in [0.2, 0.25) is 11.8 Å². The molecular formula is C18H26N8O8S. The molecule has 4 aliphatic heterocycles. The lowest BCUT2D eigenvalue weighted by Gasteiger charge is -2.28. The van der Waals surface area contributed by atoms with Gasteiger partial charge in [0, 0.05) is 0 Å². The van der Waals surface area contributed by atoms with Crippen molar-refractivity contribution in [3.8, 4) is 0 Å². The van der Waals surface area contributed by atoms with Crippen LogP contribution in [0, 0.1) is 0 Å². The number of rotatable bonds is 10. The van der Waals surface area contributed by atoms with Gasteiger partial charge in [-0.3, -0.25) is 9.59 Å². The fourth-order valence-electron chi connectivity index (χ4n) is 4.69. The van der Waals surface area contributed by atoms with E-state index in [0.717, 1.165) is 9.80 Å². The average Bonchev–Trinajstić information content (AvgIpc) is 3.19. The Hall–Kier alpha value is -3.25. The predicted octanol–water partition coefficient (Wildman–Crippen LogP) is -3.41. The summed E-state index contributed by atoms with van der Waals surface area (Å²) >= 11 is 0. The zero-order valence-corrected chi connectivity index (χ0v) is 19.3. The van der Waals surface area contributed by atoms with Crippen molar-refractivity contribution in [1.29, 1.82) is 0 Å². The standard InChI is InChI=1S/C18H26N8O8S/c19-3-1-9-5-11(15(21)27)23-7-13(9)25(17(23)29)33-35(31,32)34-26-14-8-24(18(26)30)12(16(22)28)6-10(14)2-4-20/h5-6,11-14H,1-4,7-8,19-20H2,(H2,21,27)(H2,22,28). The van der Waals surface area contributed by atoms with Crippen molar-refractivity contribution in [2.75, 3.05) is 26.2 Å². The topological polar surface area (TPSA) is 238 Å². The van der Waals surface area contributed by atoms with Crippen LogP contribution < -0.4 is 22.9 Å². The van der Waals surface area contributed by atoms with E-state index in [-0.39, 0.29) is 39.0 Å². The van der Waals surface area contributed by atoms with E-state index in [2.05, 4.69) is 0 Å². The normalized spacial score (nSPS) is 27.9. The van der Waals surface area contributed by atoms with Crippen molar-refractivity contribution < 1.29 is 36.2 Å². The second kappa shape index (κ2) is 9.08. The molecule has 0 aromatic heterocycles. The van der Waals surface area contributed by atoms with E-state index in [1.54, 1.807) is 0 Å². The molecule has 35 heavy (non-hydrogen) atoms. The molecule has 0 aliphatic carbocycles. The molecule has 0 radical (unpaired) electrons. The number of urea groups is 2. The van der Waals surface area contributed by atoms with Gasteiger partial charge in [0.15, 0.2) is 0 Å². The maximum atomic E-state index is 12.8. The second-order valence-electron chi connectivity index (χ2n) is 8.37. The average molecular weight is 515 g/mol. The number of nitrogens with two attached hydrogens (primary N) is 4. The van der Waals surface area contributed by atoms with Crippen molar-refractivity contribution in [2.24, 2.45) is 22.9 Å². The van der Waals surface area contributed by atoms with Gasteiger partial charge in [-0.25, -0.2) is 9.59 Å². The molecule has 4 atom stereocenters. The Balaban J connectivity index is 1.56. The molecule has 4 bridgehead atoms. The summed E-state index contributed by atoms with van der Waals surface area (Å²) in [7, 11) is -5.04. The monoisotopic (exact) mass is 514 g/mol. The summed E-state index contributed by atoms with van der Waals surface area (Å²) in [6.07, 6.45) is 3.40. The molecule has 0 saturated carbocycles. The Morgan fingerprint density at radius 3 is 1.51 bits per heavy atom. The van der Waals surface area contributed by atoms with Crippen molar-refractivity contribution in [2.45, 2.75) is 37.0 Å². The summed E-state index contributed by atoms with van der Waals surface area (Å²) in [4.78, 5) is 51.4. The van der Waals surface area contributed by atoms with Crippen molar-refractivity contribution in [3.63, 3.8) is 0 Å². The summed E-state index contributed by atoms with van der Waals surface area (Å²) in [5.41, 5.74) is 23.0. The SMILES string of the molecule is NCCC1=CC(C(N)=O)N2CC1N(OS(=O)(=O)ON1C(=O)N3CC1C(CCN)=CC3C(N)=O)C2=O. The third-order valence-corrected chi connectivity index (χ3v) is 6.92. The summed E-state index contributed by atoms with van der Waals surface area (Å²) in [6.45, 7) is 0.208. The number of hydroxylamine groups is 4. The zero-order valence-electron chi connectivity index (χ0n) is 18.5. The Morgan fingerprint density at radius 1 is 0.829 bits per heavy atom. The number of hydrogen-bond donors (Lipinski definition) is 4. The minimum absolute atomic E-state index is 0.0590. The Morgan fingerprint density at radius 2 is 1.20 bits per heavy atom. The fourth-order valence-corrected chi connectivity index (χ4v) is 5.44. The molecule has 4 heterocycles. The van der Waals surface area contributed by atoms with E-state index in [1.807, 2.05) is 0 Å². The third kappa shape index (κ3) is 4.31. The molecule has 4 unspecified atom stereocenters. The first-order valence-electron chi connectivity index (χ1n) is 10.7. The summed E-state index contributed by atoms with van der Waals surface area (Å²) in [6, 6.07) is -5.80. The number of amides is 6. The number of nitrogens with zero attached hydrogens (tertiary/aromatic N) is 4. The highest BCUT2D eigenvalue weighted by Gasteiger charge is 2.52. The van der Waals surface area contributed by atoms with Crippen LogP contribution >= 0.6 is 0 Å². The van der Waals surface area contributed by atoms with Crippen LogP contribution in [0.15, 0.2) is 23.3 Å². The minimum atomic E-state index is -5.04. The maximum Gasteiger partial charge on any atom is 0.442 e. The molecule has 16 nitrogen and oxygen atoms in total. The molecule has 6 amide bonds. The Bertz CT molecular complexity index is 1040. The van der Waals surface area contributed by atoms with E-state index in [0.29, 0.717) is 21.3 Å². The quantitative estimate of drug-likeness (QED) is 0.211. The van der Waals surface area contributed by atoms with E-state index in [1.165, 1.54) is 12.2 Å². The molecule has 2 saturated heterocycles. The number of primary amides is 2. The molecule has 4 aliphatic rings. The summed E-state index contributed by atoms with van der Waals surface area (Å²) < 4.78 is 35.6. The van der Waals surface area contributed by atoms with E-state index in [4.69, 9.17) is 31.5 Å². The van der Waals surface area contributed by atoms with Crippen LogP contribution in [0.25, 0.3) is 0 Å². The number of fused-ring (bicyclic) bond motifs is 4. The summed E-state index contributed by atoms with van der Waals surface area (Å²) in [5.74, 6) is -1.61. The first-order chi connectivity index (χ1) is 16.5. The lowest BCUT2D eigenvalue weighted by Crippen LogP contribution is -2.47. The van der Waals surface area contributed by atoms with E-state index < -0.39 is 58.4 Å². The second-order valence-corrected chi connectivity index (χ2v) is 9.48. The van der Waals surface area contributed by atoms with Gasteiger partial charge in [-0.1, -0.05) is 12.2 Å². The highest BCUT2D eigenvalue weighted by molar-refractivity contribution is 7.81.